The molecule has 0 bridgehead atoms. The van der Waals surface area contributed by atoms with Crippen molar-refractivity contribution in [3.8, 4) is 16.9 Å². The summed E-state index contributed by atoms with van der Waals surface area (Å²) in [5.41, 5.74) is 5.16. The zero-order valence-corrected chi connectivity index (χ0v) is 17.1. The molecule has 0 radical (unpaired) electrons. The average Bonchev–Trinajstić information content (AvgIpc) is 3.23. The Balaban J connectivity index is 1.54. The zero-order chi connectivity index (χ0) is 20.8. The summed E-state index contributed by atoms with van der Waals surface area (Å²) in [4.78, 5) is 14.5. The van der Waals surface area contributed by atoms with Gasteiger partial charge in [-0.15, -0.1) is 0 Å². The normalized spacial score (nSPS) is 10.7. The molecule has 1 amide bonds. The van der Waals surface area contributed by atoms with Crippen molar-refractivity contribution in [2.24, 2.45) is 0 Å². The van der Waals surface area contributed by atoms with Gasteiger partial charge in [0.15, 0.2) is 0 Å². The van der Waals surface area contributed by atoms with Crippen LogP contribution in [0.4, 0.5) is 0 Å². The number of benzene rings is 3. The Morgan fingerprint density at radius 2 is 1.47 bits per heavy atom. The monoisotopic (exact) mass is 395 g/mol. The molecule has 150 valence electrons. The van der Waals surface area contributed by atoms with E-state index in [0.29, 0.717) is 13.0 Å². The van der Waals surface area contributed by atoms with E-state index in [4.69, 9.17) is 5.10 Å². The van der Waals surface area contributed by atoms with E-state index in [1.807, 2.05) is 84.7 Å². The van der Waals surface area contributed by atoms with Gasteiger partial charge in [0.25, 0.3) is 0 Å². The molecule has 4 rings (SSSR count). The molecule has 1 heterocycles. The van der Waals surface area contributed by atoms with Crippen LogP contribution in [0.2, 0.25) is 0 Å². The molecular formula is C26H25N3O. The van der Waals surface area contributed by atoms with E-state index in [1.54, 1.807) is 4.90 Å². The first-order valence-electron chi connectivity index (χ1n) is 10.2. The Kier molecular flexibility index (Phi) is 6.04. The van der Waals surface area contributed by atoms with Gasteiger partial charge in [0.1, 0.15) is 0 Å². The van der Waals surface area contributed by atoms with Crippen LogP contribution in [0.5, 0.6) is 0 Å². The minimum absolute atomic E-state index is 0.130. The molecule has 4 nitrogen and oxygen atoms in total. The number of amides is 1. The molecule has 0 aliphatic rings. The number of carbonyl (C=O) groups excluding carboxylic acids is 1. The maximum absolute atomic E-state index is 12.7. The van der Waals surface area contributed by atoms with Gasteiger partial charge in [-0.1, -0.05) is 78.9 Å². The first-order valence-corrected chi connectivity index (χ1v) is 10.2. The van der Waals surface area contributed by atoms with E-state index >= 15 is 0 Å². The number of para-hydroxylation sites is 1. The fourth-order valence-electron chi connectivity index (χ4n) is 3.51. The van der Waals surface area contributed by atoms with Crippen molar-refractivity contribution in [1.29, 1.82) is 0 Å². The molecule has 0 fully saturated rings. The number of nitrogens with zero attached hydrogens (tertiary/aromatic N) is 3. The van der Waals surface area contributed by atoms with Crippen molar-refractivity contribution in [3.05, 3.63) is 108 Å². The third-order valence-electron chi connectivity index (χ3n) is 5.16. The van der Waals surface area contributed by atoms with Crippen LogP contribution in [-0.4, -0.2) is 27.6 Å². The van der Waals surface area contributed by atoms with Crippen molar-refractivity contribution in [2.45, 2.75) is 19.4 Å². The van der Waals surface area contributed by atoms with Crippen LogP contribution in [0.15, 0.2) is 97.2 Å². The number of rotatable bonds is 7. The maximum atomic E-state index is 12.7. The fourth-order valence-corrected chi connectivity index (χ4v) is 3.51. The van der Waals surface area contributed by atoms with Crippen molar-refractivity contribution in [2.75, 3.05) is 7.05 Å². The predicted octanol–water partition coefficient (Wildman–Crippen LogP) is 5.13. The van der Waals surface area contributed by atoms with Gasteiger partial charge in [0, 0.05) is 37.3 Å². The number of carbonyl (C=O) groups is 1. The summed E-state index contributed by atoms with van der Waals surface area (Å²) in [6.45, 7) is 0.519. The summed E-state index contributed by atoms with van der Waals surface area (Å²) in [6, 6.07) is 30.3. The molecule has 0 aliphatic carbocycles. The molecular weight excluding hydrogens is 370 g/mol. The smallest absolute Gasteiger partial charge is 0.222 e. The van der Waals surface area contributed by atoms with Crippen LogP contribution >= 0.6 is 0 Å². The minimum Gasteiger partial charge on any atom is -0.341 e. The summed E-state index contributed by atoms with van der Waals surface area (Å²) in [6.07, 6.45) is 3.27. The zero-order valence-electron chi connectivity index (χ0n) is 17.1. The lowest BCUT2D eigenvalue weighted by molar-refractivity contribution is -0.130. The second kappa shape index (κ2) is 9.23. The highest BCUT2D eigenvalue weighted by atomic mass is 16.2. The van der Waals surface area contributed by atoms with Crippen LogP contribution < -0.4 is 0 Å². The SMILES string of the molecule is CN(Cc1cn(-c2ccccc2)nc1-c1ccccc1)C(=O)CCc1ccccc1. The van der Waals surface area contributed by atoms with Gasteiger partial charge in [-0.05, 0) is 24.1 Å². The average molecular weight is 396 g/mol. The first kappa shape index (κ1) is 19.6. The third kappa shape index (κ3) is 4.66. The third-order valence-corrected chi connectivity index (χ3v) is 5.16. The standard InChI is InChI=1S/C26H25N3O/c1-28(25(30)18-17-21-11-5-2-6-12-21)19-23-20-29(24-15-9-4-10-16-24)27-26(23)22-13-7-3-8-14-22/h2-16,20H,17-19H2,1H3. The Bertz CT molecular complexity index is 1090. The summed E-state index contributed by atoms with van der Waals surface area (Å²) < 4.78 is 1.89. The van der Waals surface area contributed by atoms with Gasteiger partial charge in [0.2, 0.25) is 5.91 Å². The number of hydrogen-bond acceptors (Lipinski definition) is 2. The molecule has 1 aromatic heterocycles. The predicted molar refractivity (Wildman–Crippen MR) is 120 cm³/mol. The van der Waals surface area contributed by atoms with E-state index in [9.17, 15) is 4.79 Å². The Morgan fingerprint density at radius 3 is 2.13 bits per heavy atom. The van der Waals surface area contributed by atoms with E-state index in [2.05, 4.69) is 24.3 Å². The van der Waals surface area contributed by atoms with Gasteiger partial charge < -0.3 is 4.90 Å². The second-order valence-corrected chi connectivity index (χ2v) is 7.38. The first-order chi connectivity index (χ1) is 14.7. The fraction of sp³-hybridized carbons (Fsp3) is 0.154. The van der Waals surface area contributed by atoms with E-state index in [1.165, 1.54) is 5.56 Å². The van der Waals surface area contributed by atoms with Crippen molar-refractivity contribution in [3.63, 3.8) is 0 Å². The van der Waals surface area contributed by atoms with Crippen LogP contribution in [0.3, 0.4) is 0 Å². The molecule has 0 saturated heterocycles. The minimum atomic E-state index is 0.130. The maximum Gasteiger partial charge on any atom is 0.222 e. The summed E-state index contributed by atoms with van der Waals surface area (Å²) >= 11 is 0. The van der Waals surface area contributed by atoms with E-state index < -0.39 is 0 Å². The van der Waals surface area contributed by atoms with Crippen LogP contribution in [-0.2, 0) is 17.8 Å². The number of aromatic nitrogens is 2. The Hall–Kier alpha value is -3.66. The lowest BCUT2D eigenvalue weighted by Gasteiger charge is -2.17. The molecule has 3 aromatic carbocycles. The highest BCUT2D eigenvalue weighted by Crippen LogP contribution is 2.25. The molecule has 0 spiro atoms. The van der Waals surface area contributed by atoms with Crippen molar-refractivity contribution >= 4 is 5.91 Å². The van der Waals surface area contributed by atoms with E-state index in [-0.39, 0.29) is 5.91 Å². The summed E-state index contributed by atoms with van der Waals surface area (Å²) in [5.74, 6) is 0.130. The topological polar surface area (TPSA) is 38.1 Å². The van der Waals surface area contributed by atoms with Crippen LogP contribution in [0.1, 0.15) is 17.5 Å². The van der Waals surface area contributed by atoms with Gasteiger partial charge in [-0.2, -0.15) is 5.10 Å². The van der Waals surface area contributed by atoms with E-state index in [0.717, 1.165) is 28.9 Å². The highest BCUT2D eigenvalue weighted by molar-refractivity contribution is 5.76. The highest BCUT2D eigenvalue weighted by Gasteiger charge is 2.16. The van der Waals surface area contributed by atoms with Gasteiger partial charge in [0.05, 0.1) is 11.4 Å². The molecule has 0 aliphatic heterocycles. The Morgan fingerprint density at radius 1 is 0.867 bits per heavy atom. The number of aryl methyl sites for hydroxylation is 1. The van der Waals surface area contributed by atoms with Gasteiger partial charge >= 0.3 is 0 Å². The molecule has 0 unspecified atom stereocenters. The quantitative estimate of drug-likeness (QED) is 0.435. The molecule has 0 saturated carbocycles. The molecule has 4 aromatic rings. The summed E-state index contributed by atoms with van der Waals surface area (Å²) in [7, 11) is 1.86. The van der Waals surface area contributed by atoms with Crippen LogP contribution in [0.25, 0.3) is 16.9 Å². The van der Waals surface area contributed by atoms with Crippen LogP contribution in [0, 0.1) is 0 Å². The Labute approximate surface area is 177 Å². The molecule has 0 atom stereocenters. The second-order valence-electron chi connectivity index (χ2n) is 7.38. The van der Waals surface area contributed by atoms with Crippen molar-refractivity contribution < 1.29 is 4.79 Å². The molecule has 30 heavy (non-hydrogen) atoms. The lowest BCUT2D eigenvalue weighted by Crippen LogP contribution is -2.26. The lowest BCUT2D eigenvalue weighted by atomic mass is 10.1. The molecule has 4 heteroatoms. The largest absolute Gasteiger partial charge is 0.341 e. The molecule has 0 N–H and O–H groups in total. The number of hydrogen-bond donors (Lipinski definition) is 0. The van der Waals surface area contributed by atoms with Gasteiger partial charge in [-0.3, -0.25) is 4.79 Å². The van der Waals surface area contributed by atoms with Gasteiger partial charge in [-0.25, -0.2) is 4.68 Å². The summed E-state index contributed by atoms with van der Waals surface area (Å²) in [5, 5.41) is 4.84. The van der Waals surface area contributed by atoms with Crippen molar-refractivity contribution in [1.82, 2.24) is 14.7 Å².